The number of rotatable bonds is 3. The van der Waals surface area contributed by atoms with E-state index in [1.165, 1.54) is 6.92 Å². The van der Waals surface area contributed by atoms with Gasteiger partial charge >= 0.3 is 5.97 Å². The van der Waals surface area contributed by atoms with Gasteiger partial charge in [0.15, 0.2) is 18.1 Å². The Morgan fingerprint density at radius 1 is 1.17 bits per heavy atom. The summed E-state index contributed by atoms with van der Waals surface area (Å²) in [4.78, 5) is 10.8. The number of esters is 1. The first-order valence-corrected chi connectivity index (χ1v) is 7.37. The molecule has 0 fully saturated rings. The van der Waals surface area contributed by atoms with Gasteiger partial charge in [0.05, 0.1) is 7.11 Å². The highest BCUT2D eigenvalue weighted by molar-refractivity contribution is 5.75. The highest BCUT2D eigenvalue weighted by Gasteiger charge is 2.17. The maximum Gasteiger partial charge on any atom is 0.303 e. The summed E-state index contributed by atoms with van der Waals surface area (Å²) in [6.45, 7) is 1.60. The Kier molecular flexibility index (Phi) is 4.57. The van der Waals surface area contributed by atoms with E-state index in [2.05, 4.69) is 11.8 Å². The molecule has 5 heteroatoms. The van der Waals surface area contributed by atoms with Crippen LogP contribution in [-0.2, 0) is 9.53 Å². The molecule has 1 aliphatic rings. The average Bonchev–Trinajstić information content (AvgIpc) is 3.05. The Morgan fingerprint density at radius 3 is 2.54 bits per heavy atom. The molecule has 0 saturated carbocycles. The highest BCUT2D eigenvalue weighted by atomic mass is 16.7. The highest BCUT2D eigenvalue weighted by Crippen LogP contribution is 2.38. The van der Waals surface area contributed by atoms with Crippen LogP contribution in [0, 0.1) is 11.8 Å². The van der Waals surface area contributed by atoms with Gasteiger partial charge in [-0.1, -0.05) is 24.0 Å². The zero-order valence-corrected chi connectivity index (χ0v) is 13.4. The minimum atomic E-state index is -0.356. The van der Waals surface area contributed by atoms with E-state index < -0.39 is 0 Å². The maximum absolute atomic E-state index is 10.8. The van der Waals surface area contributed by atoms with Crippen molar-refractivity contribution in [2.45, 2.75) is 6.92 Å². The Labute approximate surface area is 140 Å². The van der Waals surface area contributed by atoms with Crippen molar-refractivity contribution in [2.24, 2.45) is 0 Å². The largest absolute Gasteiger partial charge is 0.497 e. The summed E-state index contributed by atoms with van der Waals surface area (Å²) >= 11 is 0. The fourth-order valence-corrected chi connectivity index (χ4v) is 2.32. The third-order valence-electron chi connectivity index (χ3n) is 3.48. The molecule has 1 heterocycles. The number of hydrogen-bond donors (Lipinski definition) is 0. The van der Waals surface area contributed by atoms with E-state index in [-0.39, 0.29) is 19.4 Å². The fourth-order valence-electron chi connectivity index (χ4n) is 2.32. The van der Waals surface area contributed by atoms with Crippen molar-refractivity contribution in [2.75, 3.05) is 20.5 Å². The first-order chi connectivity index (χ1) is 11.7. The molecular formula is C19H16O5. The average molecular weight is 324 g/mol. The van der Waals surface area contributed by atoms with Crippen molar-refractivity contribution in [1.82, 2.24) is 0 Å². The molecule has 0 aromatic heterocycles. The first kappa shape index (κ1) is 15.8. The Morgan fingerprint density at radius 2 is 1.88 bits per heavy atom. The predicted molar refractivity (Wildman–Crippen MR) is 88.1 cm³/mol. The molecule has 0 saturated heterocycles. The van der Waals surface area contributed by atoms with Crippen molar-refractivity contribution in [3.8, 4) is 40.2 Å². The van der Waals surface area contributed by atoms with Crippen LogP contribution in [0.4, 0.5) is 0 Å². The number of ether oxygens (including phenoxy) is 4. The van der Waals surface area contributed by atoms with E-state index in [9.17, 15) is 4.79 Å². The van der Waals surface area contributed by atoms with E-state index in [4.69, 9.17) is 18.9 Å². The van der Waals surface area contributed by atoms with Crippen LogP contribution < -0.4 is 14.2 Å². The van der Waals surface area contributed by atoms with Crippen LogP contribution in [0.3, 0.4) is 0 Å². The lowest BCUT2D eigenvalue weighted by Crippen LogP contribution is -1.97. The van der Waals surface area contributed by atoms with Crippen LogP contribution in [0.1, 0.15) is 12.5 Å². The molecule has 3 rings (SSSR count). The molecule has 1 aliphatic heterocycles. The van der Waals surface area contributed by atoms with Gasteiger partial charge < -0.3 is 18.9 Å². The summed E-state index contributed by atoms with van der Waals surface area (Å²) in [7, 11) is 1.63. The Bertz CT molecular complexity index is 812. The first-order valence-electron chi connectivity index (χ1n) is 7.37. The minimum absolute atomic E-state index is 0.0474. The summed E-state index contributed by atoms with van der Waals surface area (Å²) in [5.74, 6) is 7.64. The van der Waals surface area contributed by atoms with Crippen molar-refractivity contribution in [1.29, 1.82) is 0 Å². The molecule has 0 spiro atoms. The quantitative estimate of drug-likeness (QED) is 0.642. The number of methoxy groups -OCH3 is 1. The molecule has 5 nitrogen and oxygen atoms in total. The molecule has 0 amide bonds. The second kappa shape index (κ2) is 6.97. The summed E-state index contributed by atoms with van der Waals surface area (Å²) in [6, 6.07) is 11.4. The molecule has 122 valence electrons. The molecular weight excluding hydrogens is 308 g/mol. The van der Waals surface area contributed by atoms with E-state index in [0.717, 1.165) is 22.4 Å². The second-order valence-corrected chi connectivity index (χ2v) is 5.06. The Balaban J connectivity index is 1.97. The summed E-state index contributed by atoms with van der Waals surface area (Å²) in [6.07, 6.45) is 0. The molecule has 0 atom stereocenters. The van der Waals surface area contributed by atoms with Gasteiger partial charge in [-0.05, 0) is 23.8 Å². The predicted octanol–water partition coefficient (Wildman–Crippen LogP) is 3.01. The molecule has 0 aliphatic carbocycles. The summed E-state index contributed by atoms with van der Waals surface area (Å²) in [5, 5.41) is 0. The van der Waals surface area contributed by atoms with Gasteiger partial charge in [0.2, 0.25) is 6.79 Å². The molecule has 0 bridgehead atoms. The van der Waals surface area contributed by atoms with Gasteiger partial charge in [-0.15, -0.1) is 0 Å². The standard InChI is InChI=1S/C19H16O5/c1-13(20)22-9-3-4-15-10-18-19(24-12-23-18)11-17(15)14-5-7-16(21-2)8-6-14/h5-8,10-11H,9,12H2,1-2H3. The van der Waals surface area contributed by atoms with E-state index >= 15 is 0 Å². The van der Waals surface area contributed by atoms with Crippen molar-refractivity contribution >= 4 is 5.97 Å². The van der Waals surface area contributed by atoms with E-state index in [1.807, 2.05) is 36.4 Å². The van der Waals surface area contributed by atoms with Crippen molar-refractivity contribution < 1.29 is 23.7 Å². The topological polar surface area (TPSA) is 54.0 Å². The third-order valence-corrected chi connectivity index (χ3v) is 3.48. The SMILES string of the molecule is COc1ccc(-c2cc3c(cc2C#CCOC(C)=O)OCO3)cc1. The number of carbonyl (C=O) groups is 1. The normalized spacial score (nSPS) is 11.4. The van der Waals surface area contributed by atoms with Crippen LogP contribution in [0.25, 0.3) is 11.1 Å². The number of hydrogen-bond acceptors (Lipinski definition) is 5. The number of fused-ring (bicyclic) bond motifs is 1. The molecule has 0 N–H and O–H groups in total. The van der Waals surface area contributed by atoms with Gasteiger partial charge in [0, 0.05) is 24.1 Å². The second-order valence-electron chi connectivity index (χ2n) is 5.06. The summed E-state index contributed by atoms with van der Waals surface area (Å²) < 4.78 is 20.9. The monoisotopic (exact) mass is 324 g/mol. The van der Waals surface area contributed by atoms with Crippen LogP contribution in [0.15, 0.2) is 36.4 Å². The maximum atomic E-state index is 10.8. The number of benzene rings is 2. The lowest BCUT2D eigenvalue weighted by atomic mass is 9.99. The molecule has 0 radical (unpaired) electrons. The molecule has 2 aromatic carbocycles. The Hall–Kier alpha value is -3.13. The lowest BCUT2D eigenvalue weighted by molar-refractivity contribution is -0.139. The van der Waals surface area contributed by atoms with Gasteiger partial charge in [0.25, 0.3) is 0 Å². The van der Waals surface area contributed by atoms with Crippen molar-refractivity contribution in [3.63, 3.8) is 0 Å². The zero-order chi connectivity index (χ0) is 16.9. The van der Waals surface area contributed by atoms with E-state index in [1.54, 1.807) is 7.11 Å². The smallest absolute Gasteiger partial charge is 0.303 e. The minimum Gasteiger partial charge on any atom is -0.497 e. The van der Waals surface area contributed by atoms with Crippen molar-refractivity contribution in [3.05, 3.63) is 42.0 Å². The van der Waals surface area contributed by atoms with Gasteiger partial charge in [-0.25, -0.2) is 0 Å². The molecule has 2 aromatic rings. The third kappa shape index (κ3) is 3.44. The number of carbonyl (C=O) groups excluding carboxylic acids is 1. The lowest BCUT2D eigenvalue weighted by Gasteiger charge is -2.08. The molecule has 0 unspecified atom stereocenters. The van der Waals surface area contributed by atoms with Gasteiger partial charge in [-0.2, -0.15) is 0 Å². The van der Waals surface area contributed by atoms with Crippen LogP contribution >= 0.6 is 0 Å². The van der Waals surface area contributed by atoms with Crippen LogP contribution in [0.5, 0.6) is 17.2 Å². The molecule has 24 heavy (non-hydrogen) atoms. The van der Waals surface area contributed by atoms with Gasteiger partial charge in [-0.3, -0.25) is 4.79 Å². The van der Waals surface area contributed by atoms with E-state index in [0.29, 0.717) is 11.5 Å². The van der Waals surface area contributed by atoms with Gasteiger partial charge in [0.1, 0.15) is 5.75 Å². The summed E-state index contributed by atoms with van der Waals surface area (Å²) in [5.41, 5.74) is 2.67. The zero-order valence-electron chi connectivity index (χ0n) is 13.4. The van der Waals surface area contributed by atoms with Crippen LogP contribution in [-0.4, -0.2) is 26.5 Å². The fraction of sp³-hybridized carbons (Fsp3) is 0.211. The van der Waals surface area contributed by atoms with Crippen LogP contribution in [0.2, 0.25) is 0 Å².